The fraction of sp³-hybridized carbons (Fsp3) is 0.214. The van der Waals surface area contributed by atoms with Crippen LogP contribution in [0.15, 0.2) is 34.9 Å². The van der Waals surface area contributed by atoms with Crippen LogP contribution in [0, 0.1) is 17.5 Å². The highest BCUT2D eigenvalue weighted by atomic mass is 19.1. The van der Waals surface area contributed by atoms with Crippen molar-refractivity contribution in [1.29, 1.82) is 0 Å². The number of hydrogen-bond acceptors (Lipinski definition) is 3. The summed E-state index contributed by atoms with van der Waals surface area (Å²) in [6, 6.07) is 3.52. The summed E-state index contributed by atoms with van der Waals surface area (Å²) in [5.74, 6) is -3.15. The highest BCUT2D eigenvalue weighted by Crippen LogP contribution is 2.20. The molecule has 7 heteroatoms. The summed E-state index contributed by atoms with van der Waals surface area (Å²) < 4.78 is 44.7. The highest BCUT2D eigenvalue weighted by Gasteiger charge is 2.18. The zero-order valence-electron chi connectivity index (χ0n) is 11.1. The van der Waals surface area contributed by atoms with Gasteiger partial charge in [-0.1, -0.05) is 0 Å². The number of nitrogens with one attached hydrogen (secondary N) is 2. The van der Waals surface area contributed by atoms with E-state index in [2.05, 4.69) is 10.6 Å². The Kier molecular flexibility index (Phi) is 4.52. The van der Waals surface area contributed by atoms with E-state index in [4.69, 9.17) is 4.42 Å². The predicted molar refractivity (Wildman–Crippen MR) is 70.0 cm³/mol. The first-order valence-corrected chi connectivity index (χ1v) is 6.18. The van der Waals surface area contributed by atoms with Crippen molar-refractivity contribution in [2.24, 2.45) is 0 Å². The lowest BCUT2D eigenvalue weighted by Crippen LogP contribution is -2.37. The first-order valence-electron chi connectivity index (χ1n) is 6.18. The average Bonchev–Trinajstić information content (AvgIpc) is 2.93. The summed E-state index contributed by atoms with van der Waals surface area (Å²) in [5, 5.41) is 4.92. The molecule has 0 aliphatic rings. The number of carbonyl (C=O) groups is 1. The SMILES string of the molecule is CC(Nc1c(F)cc(F)cc1F)C(=O)NCc1ccco1. The molecule has 0 radical (unpaired) electrons. The Bertz CT molecular complexity index is 606. The van der Waals surface area contributed by atoms with Gasteiger partial charge < -0.3 is 15.1 Å². The lowest BCUT2D eigenvalue weighted by atomic mass is 10.2. The molecule has 2 N–H and O–H groups in total. The number of carbonyl (C=O) groups excluding carboxylic acids is 1. The third-order valence-electron chi connectivity index (χ3n) is 2.78. The highest BCUT2D eigenvalue weighted by molar-refractivity contribution is 5.84. The Morgan fingerprint density at radius 1 is 1.29 bits per heavy atom. The van der Waals surface area contributed by atoms with Gasteiger partial charge in [0, 0.05) is 12.1 Å². The topological polar surface area (TPSA) is 54.3 Å². The first-order chi connectivity index (χ1) is 9.97. The Morgan fingerprint density at radius 2 is 1.95 bits per heavy atom. The minimum absolute atomic E-state index is 0.159. The molecule has 1 aromatic carbocycles. The van der Waals surface area contributed by atoms with Crippen LogP contribution in [0.25, 0.3) is 0 Å². The van der Waals surface area contributed by atoms with Crippen LogP contribution in [0.4, 0.5) is 18.9 Å². The number of halogens is 3. The maximum absolute atomic E-state index is 13.5. The maximum Gasteiger partial charge on any atom is 0.242 e. The maximum atomic E-state index is 13.5. The number of hydrogen-bond donors (Lipinski definition) is 2. The molecule has 2 aromatic rings. The van der Waals surface area contributed by atoms with Crippen molar-refractivity contribution in [3.63, 3.8) is 0 Å². The van der Waals surface area contributed by atoms with Crippen molar-refractivity contribution in [3.8, 4) is 0 Å². The molecule has 1 atom stereocenters. The van der Waals surface area contributed by atoms with Crippen LogP contribution >= 0.6 is 0 Å². The smallest absolute Gasteiger partial charge is 0.242 e. The Labute approximate surface area is 119 Å². The second-order valence-corrected chi connectivity index (χ2v) is 4.41. The molecule has 0 aliphatic carbocycles. The number of benzene rings is 1. The number of furan rings is 1. The number of rotatable bonds is 5. The predicted octanol–water partition coefficient (Wildman–Crippen LogP) is 2.81. The second kappa shape index (κ2) is 6.34. The van der Waals surface area contributed by atoms with Crippen LogP contribution in [0.2, 0.25) is 0 Å². The quantitative estimate of drug-likeness (QED) is 0.892. The van der Waals surface area contributed by atoms with Gasteiger partial charge in [0.1, 0.15) is 23.3 Å². The molecule has 0 bridgehead atoms. The van der Waals surface area contributed by atoms with E-state index in [0.29, 0.717) is 17.9 Å². The van der Waals surface area contributed by atoms with Gasteiger partial charge in [0.2, 0.25) is 5.91 Å². The van der Waals surface area contributed by atoms with E-state index in [9.17, 15) is 18.0 Å². The van der Waals surface area contributed by atoms with Gasteiger partial charge in [-0.15, -0.1) is 0 Å². The standard InChI is InChI=1S/C14H13F3N2O2/c1-8(14(20)18-7-10-3-2-4-21-10)19-13-11(16)5-9(15)6-12(13)17/h2-6,8,19H,7H2,1H3,(H,18,20). The molecule has 0 aliphatic heterocycles. The molecule has 1 heterocycles. The van der Waals surface area contributed by atoms with Crippen molar-refractivity contribution in [2.75, 3.05) is 5.32 Å². The van der Waals surface area contributed by atoms with Gasteiger partial charge >= 0.3 is 0 Å². The minimum atomic E-state index is -1.10. The zero-order chi connectivity index (χ0) is 15.4. The fourth-order valence-electron chi connectivity index (χ4n) is 1.70. The van der Waals surface area contributed by atoms with Crippen LogP contribution in [0.3, 0.4) is 0 Å². The summed E-state index contributed by atoms with van der Waals surface area (Å²) >= 11 is 0. The van der Waals surface area contributed by atoms with Crippen LogP contribution < -0.4 is 10.6 Å². The molecule has 21 heavy (non-hydrogen) atoms. The van der Waals surface area contributed by atoms with E-state index in [1.54, 1.807) is 12.1 Å². The second-order valence-electron chi connectivity index (χ2n) is 4.41. The lowest BCUT2D eigenvalue weighted by molar-refractivity contribution is -0.121. The van der Waals surface area contributed by atoms with E-state index >= 15 is 0 Å². The van der Waals surface area contributed by atoms with Gasteiger partial charge in [0.15, 0.2) is 11.6 Å². The Hall–Kier alpha value is -2.44. The van der Waals surface area contributed by atoms with Crippen molar-refractivity contribution in [2.45, 2.75) is 19.5 Å². The summed E-state index contributed by atoms with van der Waals surface area (Å²) in [7, 11) is 0. The van der Waals surface area contributed by atoms with E-state index in [0.717, 1.165) is 0 Å². The van der Waals surface area contributed by atoms with Gasteiger partial charge in [0.25, 0.3) is 0 Å². The van der Waals surface area contributed by atoms with Gasteiger partial charge in [-0.05, 0) is 19.1 Å². The molecule has 4 nitrogen and oxygen atoms in total. The van der Waals surface area contributed by atoms with E-state index in [1.165, 1.54) is 13.2 Å². The van der Waals surface area contributed by atoms with Gasteiger partial charge in [-0.2, -0.15) is 0 Å². The number of anilines is 1. The van der Waals surface area contributed by atoms with E-state index in [1.807, 2.05) is 0 Å². The molecule has 1 unspecified atom stereocenters. The zero-order valence-corrected chi connectivity index (χ0v) is 11.1. The molecule has 0 saturated heterocycles. The van der Waals surface area contributed by atoms with Gasteiger partial charge in [0.05, 0.1) is 12.8 Å². The van der Waals surface area contributed by atoms with Crippen molar-refractivity contribution < 1.29 is 22.4 Å². The van der Waals surface area contributed by atoms with Gasteiger partial charge in [-0.25, -0.2) is 13.2 Å². The lowest BCUT2D eigenvalue weighted by Gasteiger charge is -2.16. The van der Waals surface area contributed by atoms with E-state index < -0.39 is 35.1 Å². The normalized spacial score (nSPS) is 12.0. The summed E-state index contributed by atoms with van der Waals surface area (Å²) in [5.41, 5.74) is -0.544. The average molecular weight is 298 g/mol. The van der Waals surface area contributed by atoms with Crippen LogP contribution in [0.1, 0.15) is 12.7 Å². The monoisotopic (exact) mass is 298 g/mol. The summed E-state index contributed by atoms with van der Waals surface area (Å²) in [6.45, 7) is 1.59. The molecule has 1 aromatic heterocycles. The van der Waals surface area contributed by atoms with Crippen LogP contribution in [0.5, 0.6) is 0 Å². The molecular formula is C14H13F3N2O2. The molecule has 112 valence electrons. The summed E-state index contributed by atoms with van der Waals surface area (Å²) in [4.78, 5) is 11.8. The fourth-order valence-corrected chi connectivity index (χ4v) is 1.70. The number of amides is 1. The molecule has 0 spiro atoms. The molecular weight excluding hydrogens is 285 g/mol. The largest absolute Gasteiger partial charge is 0.467 e. The van der Waals surface area contributed by atoms with Crippen molar-refractivity contribution in [1.82, 2.24) is 5.32 Å². The third kappa shape index (κ3) is 3.77. The van der Waals surface area contributed by atoms with E-state index in [-0.39, 0.29) is 6.54 Å². The van der Waals surface area contributed by atoms with Crippen molar-refractivity contribution in [3.05, 3.63) is 53.7 Å². The molecule has 0 saturated carbocycles. The summed E-state index contributed by atoms with van der Waals surface area (Å²) in [6.07, 6.45) is 1.46. The molecule has 0 fully saturated rings. The third-order valence-corrected chi connectivity index (χ3v) is 2.78. The molecule has 1 amide bonds. The van der Waals surface area contributed by atoms with Crippen LogP contribution in [-0.4, -0.2) is 11.9 Å². The Morgan fingerprint density at radius 3 is 2.52 bits per heavy atom. The Balaban J connectivity index is 1.97. The van der Waals surface area contributed by atoms with Gasteiger partial charge in [-0.3, -0.25) is 4.79 Å². The molecule has 2 rings (SSSR count). The first kappa shape index (κ1) is 15.0. The van der Waals surface area contributed by atoms with Crippen molar-refractivity contribution >= 4 is 11.6 Å². The minimum Gasteiger partial charge on any atom is -0.467 e. The van der Waals surface area contributed by atoms with Crippen LogP contribution in [-0.2, 0) is 11.3 Å².